The Bertz CT molecular complexity index is 1170. The highest BCUT2D eigenvalue weighted by molar-refractivity contribution is 7.92. The van der Waals surface area contributed by atoms with Crippen LogP contribution in [-0.2, 0) is 21.0 Å². The maximum atomic E-state index is 13.3. The van der Waals surface area contributed by atoms with Crippen molar-refractivity contribution < 1.29 is 31.1 Å². The quantitative estimate of drug-likeness (QED) is 0.538. The van der Waals surface area contributed by atoms with Crippen LogP contribution in [0.25, 0.3) is 0 Å². The van der Waals surface area contributed by atoms with Gasteiger partial charge >= 0.3 is 6.18 Å². The number of nitrogens with one attached hydrogen (secondary N) is 1. The van der Waals surface area contributed by atoms with E-state index >= 15 is 0 Å². The SMILES string of the molecule is CCC1(CC)CC(NC(=O)CN(c2ccc(Cl)c(C(F)(F)F)c2)S(C)(=O)=O)c2ccccc2O1. The number of amides is 1. The molecule has 0 spiro atoms. The van der Waals surface area contributed by atoms with E-state index in [9.17, 15) is 26.4 Å². The number of alkyl halides is 3. The van der Waals surface area contributed by atoms with Gasteiger partial charge in [0.25, 0.3) is 0 Å². The molecular formula is C23H26ClF3N2O4S. The van der Waals surface area contributed by atoms with Crippen molar-refractivity contribution in [2.75, 3.05) is 17.1 Å². The Morgan fingerprint density at radius 2 is 1.85 bits per heavy atom. The van der Waals surface area contributed by atoms with E-state index in [1.807, 2.05) is 32.0 Å². The van der Waals surface area contributed by atoms with Gasteiger partial charge in [-0.1, -0.05) is 43.6 Å². The van der Waals surface area contributed by atoms with E-state index in [1.165, 1.54) is 0 Å². The average molecular weight is 519 g/mol. The lowest BCUT2D eigenvalue weighted by Gasteiger charge is -2.41. The van der Waals surface area contributed by atoms with Crippen LogP contribution in [0.1, 0.15) is 50.3 Å². The van der Waals surface area contributed by atoms with Crippen molar-refractivity contribution in [3.8, 4) is 5.75 Å². The summed E-state index contributed by atoms with van der Waals surface area (Å²) in [6, 6.07) is 9.52. The van der Waals surface area contributed by atoms with Crippen LogP contribution in [0.5, 0.6) is 5.75 Å². The fraction of sp³-hybridized carbons (Fsp3) is 0.435. The number of hydrogen-bond donors (Lipinski definition) is 1. The lowest BCUT2D eigenvalue weighted by Crippen LogP contribution is -2.47. The van der Waals surface area contributed by atoms with Crippen LogP contribution < -0.4 is 14.4 Å². The zero-order valence-corrected chi connectivity index (χ0v) is 20.5. The molecule has 1 aliphatic rings. The van der Waals surface area contributed by atoms with E-state index in [1.54, 1.807) is 6.07 Å². The number of benzene rings is 2. The molecule has 0 saturated carbocycles. The summed E-state index contributed by atoms with van der Waals surface area (Å²) in [7, 11) is -4.08. The monoisotopic (exact) mass is 518 g/mol. The highest BCUT2D eigenvalue weighted by atomic mass is 35.5. The number of anilines is 1. The van der Waals surface area contributed by atoms with Crippen molar-refractivity contribution in [3.63, 3.8) is 0 Å². The third-order valence-corrected chi connectivity index (χ3v) is 7.52. The van der Waals surface area contributed by atoms with E-state index in [2.05, 4.69) is 5.32 Å². The van der Waals surface area contributed by atoms with Crippen molar-refractivity contribution in [1.29, 1.82) is 0 Å². The third-order valence-electron chi connectivity index (χ3n) is 6.05. The summed E-state index contributed by atoms with van der Waals surface area (Å²) in [6.45, 7) is 3.28. The van der Waals surface area contributed by atoms with E-state index in [4.69, 9.17) is 16.3 Å². The van der Waals surface area contributed by atoms with Crippen LogP contribution in [-0.4, -0.2) is 32.7 Å². The van der Waals surface area contributed by atoms with Crippen molar-refractivity contribution in [3.05, 3.63) is 58.6 Å². The molecule has 0 aliphatic carbocycles. The number of rotatable bonds is 7. The molecule has 1 N–H and O–H groups in total. The molecule has 1 aliphatic heterocycles. The molecule has 1 atom stereocenters. The second-order valence-corrected chi connectivity index (χ2v) is 10.6. The molecule has 3 rings (SSSR count). The number of carbonyl (C=O) groups excluding carboxylic acids is 1. The molecule has 6 nitrogen and oxygen atoms in total. The van der Waals surface area contributed by atoms with Crippen LogP contribution in [0.3, 0.4) is 0 Å². The molecule has 1 unspecified atom stereocenters. The molecule has 186 valence electrons. The fourth-order valence-corrected chi connectivity index (χ4v) is 5.16. The molecule has 0 fully saturated rings. The average Bonchev–Trinajstić information content (AvgIpc) is 2.76. The molecule has 2 aromatic carbocycles. The Labute approximate surface area is 202 Å². The van der Waals surface area contributed by atoms with E-state index < -0.39 is 50.9 Å². The number of hydrogen-bond acceptors (Lipinski definition) is 4. The van der Waals surface area contributed by atoms with Crippen molar-refractivity contribution in [2.45, 2.75) is 50.9 Å². The first-order valence-electron chi connectivity index (χ1n) is 10.7. The Morgan fingerprint density at radius 1 is 1.21 bits per heavy atom. The molecule has 1 heterocycles. The van der Waals surface area contributed by atoms with E-state index in [0.717, 1.165) is 24.0 Å². The largest absolute Gasteiger partial charge is 0.487 e. The maximum Gasteiger partial charge on any atom is 0.417 e. The number of halogens is 4. The minimum atomic E-state index is -4.78. The number of ether oxygens (including phenoxy) is 1. The molecule has 0 radical (unpaired) electrons. The van der Waals surface area contributed by atoms with Gasteiger partial charge in [-0.25, -0.2) is 8.42 Å². The molecule has 2 aromatic rings. The zero-order chi connectivity index (χ0) is 25.3. The molecule has 11 heteroatoms. The molecule has 0 aromatic heterocycles. The normalized spacial score (nSPS) is 17.4. The van der Waals surface area contributed by atoms with E-state index in [0.29, 0.717) is 35.4 Å². The summed E-state index contributed by atoms with van der Waals surface area (Å²) in [5.74, 6) is -0.0213. The van der Waals surface area contributed by atoms with Gasteiger partial charge in [0.2, 0.25) is 15.9 Å². The van der Waals surface area contributed by atoms with Gasteiger partial charge in [-0.2, -0.15) is 13.2 Å². The Hall–Kier alpha value is -2.46. The highest BCUT2D eigenvalue weighted by Crippen LogP contribution is 2.42. The number of sulfonamides is 1. The smallest absolute Gasteiger partial charge is 0.417 e. The summed E-state index contributed by atoms with van der Waals surface area (Å²) < 4.78 is 71.6. The summed E-state index contributed by atoms with van der Waals surface area (Å²) in [5.41, 5.74) is -1.24. The maximum absolute atomic E-state index is 13.3. The van der Waals surface area contributed by atoms with Gasteiger partial charge < -0.3 is 10.1 Å². The van der Waals surface area contributed by atoms with Crippen LogP contribution in [0.15, 0.2) is 42.5 Å². The number of nitrogens with zero attached hydrogens (tertiary/aromatic N) is 1. The number of carbonyl (C=O) groups is 1. The zero-order valence-electron chi connectivity index (χ0n) is 18.9. The first-order chi connectivity index (χ1) is 15.8. The van der Waals surface area contributed by atoms with Crippen LogP contribution in [0, 0.1) is 0 Å². The predicted octanol–water partition coefficient (Wildman–Crippen LogP) is 5.32. The first kappa shape index (κ1) is 26.2. The van der Waals surface area contributed by atoms with Gasteiger partial charge in [0.1, 0.15) is 17.9 Å². The lowest BCUT2D eigenvalue weighted by atomic mass is 9.83. The fourth-order valence-electron chi connectivity index (χ4n) is 4.09. The van der Waals surface area contributed by atoms with Gasteiger partial charge in [0, 0.05) is 12.0 Å². The Morgan fingerprint density at radius 3 is 2.44 bits per heavy atom. The topological polar surface area (TPSA) is 75.7 Å². The number of para-hydroxylation sites is 1. The Balaban J connectivity index is 1.90. The van der Waals surface area contributed by atoms with Crippen LogP contribution in [0.4, 0.5) is 18.9 Å². The predicted molar refractivity (Wildman–Crippen MR) is 125 cm³/mol. The molecular weight excluding hydrogens is 493 g/mol. The van der Waals surface area contributed by atoms with Gasteiger partial charge in [0.15, 0.2) is 0 Å². The van der Waals surface area contributed by atoms with Gasteiger partial charge in [-0.3, -0.25) is 9.10 Å². The molecule has 34 heavy (non-hydrogen) atoms. The van der Waals surface area contributed by atoms with Crippen LogP contribution >= 0.6 is 11.6 Å². The number of fused-ring (bicyclic) bond motifs is 1. The minimum Gasteiger partial charge on any atom is -0.487 e. The van der Waals surface area contributed by atoms with Crippen LogP contribution in [0.2, 0.25) is 5.02 Å². The highest BCUT2D eigenvalue weighted by Gasteiger charge is 2.39. The standard InChI is InChI=1S/C23H26ClF3N2O4S/c1-4-22(5-2)13-19(16-8-6-7-9-20(16)33-22)28-21(30)14-29(34(3,31)32)15-10-11-18(24)17(12-15)23(25,26)27/h6-12,19H,4-5,13-14H2,1-3H3,(H,28,30). The summed E-state index contributed by atoms with van der Waals surface area (Å²) in [5, 5.41) is 2.29. The summed E-state index contributed by atoms with van der Waals surface area (Å²) in [4.78, 5) is 13.0. The van der Waals surface area contributed by atoms with Crippen molar-refractivity contribution in [1.82, 2.24) is 5.32 Å². The van der Waals surface area contributed by atoms with E-state index in [-0.39, 0.29) is 5.69 Å². The van der Waals surface area contributed by atoms with Crippen molar-refractivity contribution >= 4 is 33.2 Å². The molecule has 0 saturated heterocycles. The van der Waals surface area contributed by atoms with Crippen molar-refractivity contribution in [2.24, 2.45) is 0 Å². The molecule has 1 amide bonds. The third kappa shape index (κ3) is 5.60. The lowest BCUT2D eigenvalue weighted by molar-refractivity contribution is -0.137. The van der Waals surface area contributed by atoms with Gasteiger partial charge in [-0.05, 0) is 37.1 Å². The minimum absolute atomic E-state index is 0.307. The summed E-state index contributed by atoms with van der Waals surface area (Å²) >= 11 is 5.66. The Kier molecular flexibility index (Phi) is 7.43. The summed E-state index contributed by atoms with van der Waals surface area (Å²) in [6.07, 6.45) is -2.09. The second-order valence-electron chi connectivity index (χ2n) is 8.29. The van der Waals surface area contributed by atoms with Gasteiger partial charge in [-0.15, -0.1) is 0 Å². The second kappa shape index (κ2) is 9.65. The van der Waals surface area contributed by atoms with Gasteiger partial charge in [0.05, 0.1) is 28.6 Å². The first-order valence-corrected chi connectivity index (χ1v) is 12.9. The molecule has 0 bridgehead atoms.